The van der Waals surface area contributed by atoms with E-state index in [0.29, 0.717) is 26.4 Å². The van der Waals surface area contributed by atoms with Crippen LogP contribution in [0, 0.1) is 0 Å². The molecule has 1 saturated heterocycles. The number of methoxy groups -OCH3 is 1. The third kappa shape index (κ3) is 4.01. The predicted octanol–water partition coefficient (Wildman–Crippen LogP) is 4.50. The van der Waals surface area contributed by atoms with Crippen molar-refractivity contribution < 1.29 is 14.3 Å². The van der Waals surface area contributed by atoms with E-state index in [9.17, 15) is 9.59 Å². The summed E-state index contributed by atoms with van der Waals surface area (Å²) in [5.74, 6) is 0.759. The molecule has 2 aromatic heterocycles. The molecule has 1 atom stereocenters. The van der Waals surface area contributed by atoms with Crippen LogP contribution in [0.3, 0.4) is 0 Å². The number of aromatic nitrogens is 2. The number of pyridine rings is 1. The molecule has 1 aliphatic heterocycles. The van der Waals surface area contributed by atoms with Gasteiger partial charge in [-0.2, -0.15) is 4.98 Å². The smallest absolute Gasteiger partial charge is 0.269 e. The Labute approximate surface area is 194 Å². The van der Waals surface area contributed by atoms with Gasteiger partial charge in [0.05, 0.1) is 12.0 Å². The Morgan fingerprint density at radius 2 is 1.88 bits per heavy atom. The number of thioether (sulfide) groups is 1. The molecule has 3 aromatic rings. The first-order valence-corrected chi connectivity index (χ1v) is 11.3. The third-order valence-corrected chi connectivity index (χ3v) is 6.47. The molecule has 1 aromatic carbocycles. The van der Waals surface area contributed by atoms with Crippen LogP contribution >= 0.6 is 24.0 Å². The minimum atomic E-state index is -0.352. The van der Waals surface area contributed by atoms with Gasteiger partial charge in [-0.15, -0.1) is 0 Å². The molecule has 0 bridgehead atoms. The molecule has 32 heavy (non-hydrogen) atoms. The molecule has 0 saturated carbocycles. The van der Waals surface area contributed by atoms with Crippen LogP contribution in [0.2, 0.25) is 0 Å². The fourth-order valence-electron chi connectivity index (χ4n) is 3.26. The van der Waals surface area contributed by atoms with E-state index >= 15 is 0 Å². The molecule has 4 rings (SSSR count). The van der Waals surface area contributed by atoms with Gasteiger partial charge in [0.2, 0.25) is 5.88 Å². The van der Waals surface area contributed by atoms with Crippen molar-refractivity contribution in [1.82, 2.24) is 14.3 Å². The normalized spacial score (nSPS) is 16.1. The SMILES string of the molecule is CCC(C)N1C(=O)/C(=C/c2c(Oc3ccccc3OC)nc3ccccn3c2=O)SC1=S. The zero-order valence-electron chi connectivity index (χ0n) is 17.8. The molecule has 0 radical (unpaired) electrons. The van der Waals surface area contributed by atoms with Crippen LogP contribution in [0.25, 0.3) is 11.7 Å². The Bertz CT molecular complexity index is 1300. The highest BCUT2D eigenvalue weighted by Crippen LogP contribution is 2.36. The lowest BCUT2D eigenvalue weighted by Crippen LogP contribution is -2.36. The summed E-state index contributed by atoms with van der Waals surface area (Å²) in [7, 11) is 1.53. The Morgan fingerprint density at radius 1 is 1.16 bits per heavy atom. The quantitative estimate of drug-likeness (QED) is 0.390. The second-order valence-electron chi connectivity index (χ2n) is 7.13. The van der Waals surface area contributed by atoms with Crippen LogP contribution in [0.4, 0.5) is 0 Å². The predicted molar refractivity (Wildman–Crippen MR) is 129 cm³/mol. The average Bonchev–Trinajstić information content (AvgIpc) is 3.09. The summed E-state index contributed by atoms with van der Waals surface area (Å²) in [5.41, 5.74) is 0.227. The summed E-state index contributed by atoms with van der Waals surface area (Å²) >= 11 is 6.58. The summed E-state index contributed by atoms with van der Waals surface area (Å²) in [6.45, 7) is 3.93. The van der Waals surface area contributed by atoms with Gasteiger partial charge in [-0.1, -0.05) is 49.1 Å². The number of benzene rings is 1. The van der Waals surface area contributed by atoms with Gasteiger partial charge in [0.15, 0.2) is 11.5 Å². The van der Waals surface area contributed by atoms with Crippen molar-refractivity contribution in [2.75, 3.05) is 7.11 Å². The molecule has 1 fully saturated rings. The van der Waals surface area contributed by atoms with Crippen molar-refractivity contribution in [2.45, 2.75) is 26.3 Å². The van der Waals surface area contributed by atoms with E-state index in [1.54, 1.807) is 47.5 Å². The van der Waals surface area contributed by atoms with Gasteiger partial charge in [-0.3, -0.25) is 18.9 Å². The van der Waals surface area contributed by atoms with Gasteiger partial charge >= 0.3 is 0 Å². The van der Waals surface area contributed by atoms with Crippen molar-refractivity contribution in [3.8, 4) is 17.4 Å². The van der Waals surface area contributed by atoms with Crippen molar-refractivity contribution in [3.63, 3.8) is 0 Å². The minimum Gasteiger partial charge on any atom is -0.493 e. The molecule has 0 N–H and O–H groups in total. The first kappa shape index (κ1) is 22.0. The molecule has 1 unspecified atom stereocenters. The second kappa shape index (κ2) is 9.13. The highest BCUT2D eigenvalue weighted by molar-refractivity contribution is 8.26. The molecule has 9 heteroatoms. The van der Waals surface area contributed by atoms with Crippen molar-refractivity contribution in [3.05, 3.63) is 69.5 Å². The highest BCUT2D eigenvalue weighted by atomic mass is 32.2. The van der Waals surface area contributed by atoms with Gasteiger partial charge in [0.1, 0.15) is 15.5 Å². The maximum absolute atomic E-state index is 13.3. The summed E-state index contributed by atoms with van der Waals surface area (Å²) < 4.78 is 13.3. The van der Waals surface area contributed by atoms with E-state index in [2.05, 4.69) is 4.98 Å². The third-order valence-electron chi connectivity index (χ3n) is 5.14. The number of ether oxygens (including phenoxy) is 2. The first-order chi connectivity index (χ1) is 15.4. The van der Waals surface area contributed by atoms with Gasteiger partial charge in [-0.25, -0.2) is 0 Å². The maximum Gasteiger partial charge on any atom is 0.269 e. The van der Waals surface area contributed by atoms with E-state index in [4.69, 9.17) is 21.7 Å². The molecule has 1 aliphatic rings. The molecule has 0 spiro atoms. The highest BCUT2D eigenvalue weighted by Gasteiger charge is 2.35. The second-order valence-corrected chi connectivity index (χ2v) is 8.80. The van der Waals surface area contributed by atoms with E-state index < -0.39 is 0 Å². The minimum absolute atomic E-state index is 0.0338. The van der Waals surface area contributed by atoms with Crippen molar-refractivity contribution >= 4 is 45.9 Å². The lowest BCUT2D eigenvalue weighted by molar-refractivity contribution is -0.123. The Morgan fingerprint density at radius 3 is 2.59 bits per heavy atom. The number of hydrogen-bond acceptors (Lipinski definition) is 7. The Hall–Kier alpha value is -3.17. The summed E-state index contributed by atoms with van der Waals surface area (Å²) in [5, 5.41) is 0. The van der Waals surface area contributed by atoms with Crippen LogP contribution in [0.15, 0.2) is 58.4 Å². The molecule has 164 valence electrons. The molecule has 7 nitrogen and oxygen atoms in total. The number of nitrogens with zero attached hydrogens (tertiary/aromatic N) is 3. The van der Waals surface area contributed by atoms with Gasteiger partial charge in [-0.05, 0) is 43.7 Å². The Kier molecular flexibility index (Phi) is 6.29. The van der Waals surface area contributed by atoms with Gasteiger partial charge in [0.25, 0.3) is 11.5 Å². The number of carbonyl (C=O) groups excluding carboxylic acids is 1. The Balaban J connectivity index is 1.87. The number of hydrogen-bond donors (Lipinski definition) is 0. The van der Waals surface area contributed by atoms with Crippen molar-refractivity contribution in [2.24, 2.45) is 0 Å². The molecule has 1 amide bonds. The number of thiocarbonyl (C=S) groups is 1. The zero-order valence-corrected chi connectivity index (χ0v) is 19.4. The van der Waals surface area contributed by atoms with Crippen LogP contribution in [0.1, 0.15) is 25.8 Å². The number of carbonyl (C=O) groups is 1. The summed E-state index contributed by atoms with van der Waals surface area (Å²) in [4.78, 5) is 32.8. The molecule has 3 heterocycles. The number of amides is 1. The van der Waals surface area contributed by atoms with E-state index in [0.717, 1.165) is 6.42 Å². The largest absolute Gasteiger partial charge is 0.493 e. The van der Waals surface area contributed by atoms with Crippen LogP contribution in [-0.4, -0.2) is 37.7 Å². The van der Waals surface area contributed by atoms with Gasteiger partial charge < -0.3 is 9.47 Å². The molecular formula is C23H21N3O4S2. The lowest BCUT2D eigenvalue weighted by Gasteiger charge is -2.21. The monoisotopic (exact) mass is 467 g/mol. The lowest BCUT2D eigenvalue weighted by atomic mass is 10.2. The fraction of sp³-hybridized carbons (Fsp3) is 0.217. The van der Waals surface area contributed by atoms with Crippen molar-refractivity contribution in [1.29, 1.82) is 0 Å². The zero-order chi connectivity index (χ0) is 22.8. The maximum atomic E-state index is 13.3. The molecule has 0 aliphatic carbocycles. The van der Waals surface area contributed by atoms with Gasteiger partial charge in [0, 0.05) is 12.2 Å². The summed E-state index contributed by atoms with van der Waals surface area (Å²) in [6, 6.07) is 12.3. The standard InChI is InChI=1S/C23H21N3O4S2/c1-4-14(2)26-22(28)18(32-23(26)31)13-15-20(30-17-10-6-5-9-16(17)29-3)24-19-11-7-8-12-25(19)21(15)27/h5-14H,4H2,1-3H3/b18-13-. The number of para-hydroxylation sites is 2. The van der Waals surface area contributed by atoms with Crippen LogP contribution in [-0.2, 0) is 4.79 Å². The van der Waals surface area contributed by atoms with E-state index in [1.807, 2.05) is 19.9 Å². The first-order valence-electron chi connectivity index (χ1n) is 10.0. The molecular weight excluding hydrogens is 446 g/mol. The number of rotatable bonds is 6. The van der Waals surface area contributed by atoms with Crippen LogP contribution < -0.4 is 15.0 Å². The summed E-state index contributed by atoms with van der Waals surface area (Å²) in [6.07, 6.45) is 3.91. The topological polar surface area (TPSA) is 73.1 Å². The van der Waals surface area contributed by atoms with E-state index in [1.165, 1.54) is 29.3 Å². The van der Waals surface area contributed by atoms with E-state index in [-0.39, 0.29) is 29.0 Å². The number of fused-ring (bicyclic) bond motifs is 1. The average molecular weight is 468 g/mol. The van der Waals surface area contributed by atoms with Crippen LogP contribution in [0.5, 0.6) is 17.4 Å². The fourth-order valence-corrected chi connectivity index (χ4v) is 4.71.